The van der Waals surface area contributed by atoms with Gasteiger partial charge in [-0.25, -0.2) is 0 Å². The van der Waals surface area contributed by atoms with Gasteiger partial charge >= 0.3 is 0 Å². The van der Waals surface area contributed by atoms with Crippen LogP contribution in [0.5, 0.6) is 5.75 Å². The van der Waals surface area contributed by atoms with Gasteiger partial charge in [-0.05, 0) is 23.3 Å². The summed E-state index contributed by atoms with van der Waals surface area (Å²) in [7, 11) is 1.66. The van der Waals surface area contributed by atoms with Gasteiger partial charge < -0.3 is 21.0 Å². The van der Waals surface area contributed by atoms with Gasteiger partial charge in [-0.15, -0.1) is 0 Å². The van der Waals surface area contributed by atoms with E-state index in [1.807, 2.05) is 42.5 Å². The number of benzene rings is 2. The van der Waals surface area contributed by atoms with Crippen molar-refractivity contribution in [3.8, 4) is 5.75 Å². The molecule has 110 valence electrons. The van der Waals surface area contributed by atoms with Gasteiger partial charge in [0.25, 0.3) is 0 Å². The lowest BCUT2D eigenvalue weighted by atomic mass is 10.1. The van der Waals surface area contributed by atoms with E-state index < -0.39 is 0 Å². The molecular formula is C16H19N3O2. The molecular weight excluding hydrogens is 266 g/mol. The zero-order chi connectivity index (χ0) is 15.1. The second kappa shape index (κ2) is 7.31. The van der Waals surface area contributed by atoms with Gasteiger partial charge in [0.05, 0.1) is 7.11 Å². The number of hydrogen-bond donors (Lipinski definition) is 3. The molecule has 0 aliphatic rings. The molecule has 2 aromatic carbocycles. The molecule has 0 spiro atoms. The third-order valence-electron chi connectivity index (χ3n) is 3.15. The van der Waals surface area contributed by atoms with Crippen molar-refractivity contribution in [2.24, 2.45) is 10.9 Å². The lowest BCUT2D eigenvalue weighted by Gasteiger charge is -2.07. The average molecular weight is 285 g/mol. The number of rotatable bonds is 6. The fourth-order valence-corrected chi connectivity index (χ4v) is 1.98. The highest BCUT2D eigenvalue weighted by Crippen LogP contribution is 2.12. The molecule has 0 aliphatic heterocycles. The Morgan fingerprint density at radius 1 is 1.14 bits per heavy atom. The predicted molar refractivity (Wildman–Crippen MR) is 82.5 cm³/mol. The van der Waals surface area contributed by atoms with Crippen LogP contribution in [0.25, 0.3) is 0 Å². The van der Waals surface area contributed by atoms with Crippen molar-refractivity contribution < 1.29 is 9.94 Å². The van der Waals surface area contributed by atoms with E-state index in [0.717, 1.165) is 24.4 Å². The summed E-state index contributed by atoms with van der Waals surface area (Å²) in [5.41, 5.74) is 8.52. The van der Waals surface area contributed by atoms with Crippen LogP contribution >= 0.6 is 0 Å². The molecule has 0 saturated heterocycles. The van der Waals surface area contributed by atoms with Crippen molar-refractivity contribution in [3.05, 3.63) is 65.2 Å². The van der Waals surface area contributed by atoms with Crippen molar-refractivity contribution in [2.75, 3.05) is 7.11 Å². The summed E-state index contributed by atoms with van der Waals surface area (Å²) >= 11 is 0. The van der Waals surface area contributed by atoms with Gasteiger partial charge in [0, 0.05) is 18.7 Å². The molecule has 0 radical (unpaired) electrons. The third kappa shape index (κ3) is 4.22. The molecule has 0 bridgehead atoms. The number of nitrogens with two attached hydrogens (primary N) is 1. The van der Waals surface area contributed by atoms with E-state index in [4.69, 9.17) is 15.7 Å². The van der Waals surface area contributed by atoms with Gasteiger partial charge in [-0.2, -0.15) is 0 Å². The van der Waals surface area contributed by atoms with Crippen LogP contribution in [-0.4, -0.2) is 18.2 Å². The van der Waals surface area contributed by atoms with Crippen molar-refractivity contribution in [1.29, 1.82) is 0 Å². The Balaban J connectivity index is 1.88. The standard InChI is InChI=1S/C16H19N3O2/c1-21-15-4-2-3-13(9-15)11-18-10-12-5-7-14(8-6-12)16(17)19-20/h2-9,18,20H,10-11H2,1H3,(H2,17,19). The molecule has 2 aromatic rings. The highest BCUT2D eigenvalue weighted by Gasteiger charge is 2.00. The minimum absolute atomic E-state index is 0.117. The van der Waals surface area contributed by atoms with Gasteiger partial charge in [0.2, 0.25) is 0 Å². The largest absolute Gasteiger partial charge is 0.497 e. The Morgan fingerprint density at radius 2 is 1.86 bits per heavy atom. The van der Waals surface area contributed by atoms with Crippen LogP contribution in [0, 0.1) is 0 Å². The van der Waals surface area contributed by atoms with E-state index in [1.54, 1.807) is 7.11 Å². The Labute approximate surface area is 124 Å². The first kappa shape index (κ1) is 14.9. The summed E-state index contributed by atoms with van der Waals surface area (Å²) in [5.74, 6) is 0.975. The number of nitrogens with one attached hydrogen (secondary N) is 1. The van der Waals surface area contributed by atoms with Crippen molar-refractivity contribution in [3.63, 3.8) is 0 Å². The molecule has 0 aliphatic carbocycles. The van der Waals surface area contributed by atoms with E-state index in [1.165, 1.54) is 5.56 Å². The zero-order valence-corrected chi connectivity index (χ0v) is 11.9. The smallest absolute Gasteiger partial charge is 0.170 e. The molecule has 0 amide bonds. The van der Waals surface area contributed by atoms with Crippen molar-refractivity contribution in [1.82, 2.24) is 5.32 Å². The first-order valence-electron chi connectivity index (χ1n) is 6.63. The summed E-state index contributed by atoms with van der Waals surface area (Å²) in [5, 5.41) is 14.9. The van der Waals surface area contributed by atoms with Crippen LogP contribution in [0.1, 0.15) is 16.7 Å². The van der Waals surface area contributed by atoms with E-state index >= 15 is 0 Å². The van der Waals surface area contributed by atoms with Gasteiger partial charge in [0.15, 0.2) is 5.84 Å². The number of amidine groups is 1. The van der Waals surface area contributed by atoms with Crippen molar-refractivity contribution >= 4 is 5.84 Å². The molecule has 0 heterocycles. The zero-order valence-electron chi connectivity index (χ0n) is 11.9. The maximum absolute atomic E-state index is 8.61. The summed E-state index contributed by atoms with van der Waals surface area (Å²) in [6.45, 7) is 1.51. The van der Waals surface area contributed by atoms with Gasteiger partial charge in [0.1, 0.15) is 5.75 Å². The fraction of sp³-hybridized carbons (Fsp3) is 0.188. The Bertz CT molecular complexity index is 609. The molecule has 0 saturated carbocycles. The first-order valence-corrected chi connectivity index (χ1v) is 6.63. The molecule has 0 atom stereocenters. The van der Waals surface area contributed by atoms with Crippen LogP contribution in [0.2, 0.25) is 0 Å². The Kier molecular flexibility index (Phi) is 5.17. The van der Waals surface area contributed by atoms with Crippen LogP contribution in [-0.2, 0) is 13.1 Å². The number of nitrogens with zero attached hydrogens (tertiary/aromatic N) is 1. The summed E-state index contributed by atoms with van der Waals surface area (Å²) in [6.07, 6.45) is 0. The topological polar surface area (TPSA) is 79.9 Å². The van der Waals surface area contributed by atoms with E-state index in [2.05, 4.69) is 16.5 Å². The lowest BCUT2D eigenvalue weighted by molar-refractivity contribution is 0.318. The minimum atomic E-state index is 0.117. The highest BCUT2D eigenvalue weighted by molar-refractivity contribution is 5.96. The second-order valence-corrected chi connectivity index (χ2v) is 4.64. The fourth-order valence-electron chi connectivity index (χ4n) is 1.98. The Morgan fingerprint density at radius 3 is 2.52 bits per heavy atom. The van der Waals surface area contributed by atoms with E-state index in [-0.39, 0.29) is 5.84 Å². The Hall–Kier alpha value is -2.53. The van der Waals surface area contributed by atoms with Crippen LogP contribution in [0.4, 0.5) is 0 Å². The highest BCUT2D eigenvalue weighted by atomic mass is 16.5. The molecule has 5 nitrogen and oxygen atoms in total. The monoisotopic (exact) mass is 285 g/mol. The average Bonchev–Trinajstić information content (AvgIpc) is 2.55. The minimum Gasteiger partial charge on any atom is -0.497 e. The third-order valence-corrected chi connectivity index (χ3v) is 3.15. The molecule has 0 unspecified atom stereocenters. The number of ether oxygens (including phenoxy) is 1. The molecule has 0 aromatic heterocycles. The molecule has 4 N–H and O–H groups in total. The number of oxime groups is 1. The first-order chi connectivity index (χ1) is 10.2. The van der Waals surface area contributed by atoms with E-state index in [0.29, 0.717) is 5.56 Å². The van der Waals surface area contributed by atoms with Gasteiger partial charge in [-0.3, -0.25) is 0 Å². The molecule has 5 heteroatoms. The quantitative estimate of drug-likeness (QED) is 0.328. The molecule has 21 heavy (non-hydrogen) atoms. The summed E-state index contributed by atoms with van der Waals surface area (Å²) < 4.78 is 5.19. The van der Waals surface area contributed by atoms with Crippen LogP contribution in [0.3, 0.4) is 0 Å². The lowest BCUT2D eigenvalue weighted by Crippen LogP contribution is -2.14. The second-order valence-electron chi connectivity index (χ2n) is 4.64. The number of hydrogen-bond acceptors (Lipinski definition) is 4. The van der Waals surface area contributed by atoms with Crippen LogP contribution in [0.15, 0.2) is 53.7 Å². The molecule has 0 fully saturated rings. The van der Waals surface area contributed by atoms with Crippen molar-refractivity contribution in [2.45, 2.75) is 13.1 Å². The SMILES string of the molecule is COc1cccc(CNCc2ccc(C(N)=NO)cc2)c1. The van der Waals surface area contributed by atoms with Crippen LogP contribution < -0.4 is 15.8 Å². The number of methoxy groups -OCH3 is 1. The van der Waals surface area contributed by atoms with Gasteiger partial charge in [-0.1, -0.05) is 41.6 Å². The maximum atomic E-state index is 8.61. The summed E-state index contributed by atoms with van der Waals surface area (Å²) in [4.78, 5) is 0. The maximum Gasteiger partial charge on any atom is 0.170 e. The predicted octanol–water partition coefficient (Wildman–Crippen LogP) is 2.08. The normalized spacial score (nSPS) is 11.4. The summed E-state index contributed by atoms with van der Waals surface area (Å²) in [6, 6.07) is 15.5. The van der Waals surface area contributed by atoms with E-state index in [9.17, 15) is 0 Å². The molecule has 2 rings (SSSR count).